The van der Waals surface area contributed by atoms with Crippen molar-refractivity contribution in [1.82, 2.24) is 9.88 Å². The van der Waals surface area contributed by atoms with E-state index in [0.29, 0.717) is 30.3 Å². The number of benzene rings is 2. The summed E-state index contributed by atoms with van der Waals surface area (Å²) in [4.78, 5) is 30.0. The maximum Gasteiger partial charge on any atom is 0.419 e. The van der Waals surface area contributed by atoms with Crippen LogP contribution in [0.15, 0.2) is 53.3 Å². The van der Waals surface area contributed by atoms with Gasteiger partial charge >= 0.3 is 6.18 Å². The summed E-state index contributed by atoms with van der Waals surface area (Å²) in [7, 11) is 0. The lowest BCUT2D eigenvalue weighted by atomic mass is 9.89. The van der Waals surface area contributed by atoms with Crippen molar-refractivity contribution < 1.29 is 22.4 Å². The number of halogens is 4. The maximum atomic E-state index is 13.7. The summed E-state index contributed by atoms with van der Waals surface area (Å²) >= 11 is 0. The molecule has 1 saturated heterocycles. The van der Waals surface area contributed by atoms with Crippen molar-refractivity contribution in [3.63, 3.8) is 0 Å². The number of carbonyl (C=O) groups is 1. The van der Waals surface area contributed by atoms with Gasteiger partial charge in [-0.3, -0.25) is 9.59 Å². The number of aromatic nitrogens is 1. The average Bonchev–Trinajstić information content (AvgIpc) is 3.08. The number of fused-ring (bicyclic) bond motifs is 1. The molecule has 1 N–H and O–H groups in total. The van der Waals surface area contributed by atoms with Crippen LogP contribution >= 0.6 is 0 Å². The van der Waals surface area contributed by atoms with Crippen molar-refractivity contribution in [3.05, 3.63) is 81.4 Å². The van der Waals surface area contributed by atoms with E-state index in [4.69, 9.17) is 0 Å². The van der Waals surface area contributed by atoms with E-state index in [1.807, 2.05) is 0 Å². The van der Waals surface area contributed by atoms with E-state index >= 15 is 0 Å². The van der Waals surface area contributed by atoms with Crippen LogP contribution in [-0.2, 0) is 12.6 Å². The minimum Gasteiger partial charge on any atom is -0.333 e. The van der Waals surface area contributed by atoms with E-state index in [9.17, 15) is 27.2 Å². The summed E-state index contributed by atoms with van der Waals surface area (Å²) < 4.78 is 52.9. The molecule has 8 heteroatoms. The van der Waals surface area contributed by atoms with Crippen LogP contribution in [0.4, 0.5) is 17.6 Å². The monoisotopic (exact) mass is 432 g/mol. The van der Waals surface area contributed by atoms with Crippen LogP contribution in [0.25, 0.3) is 10.9 Å². The number of carbonyl (C=O) groups excluding carboxylic acids is 1. The summed E-state index contributed by atoms with van der Waals surface area (Å²) in [6.07, 6.45) is -3.47. The molecule has 1 unspecified atom stereocenters. The molecule has 162 valence electrons. The third-order valence-electron chi connectivity index (χ3n) is 5.90. The Morgan fingerprint density at radius 1 is 1.16 bits per heavy atom. The maximum absolute atomic E-state index is 13.7. The van der Waals surface area contributed by atoms with Crippen LogP contribution in [0.5, 0.6) is 0 Å². The fourth-order valence-corrected chi connectivity index (χ4v) is 4.34. The fraction of sp³-hybridized carbons (Fsp3) is 0.304. The molecule has 3 aromatic rings. The lowest BCUT2D eigenvalue weighted by Gasteiger charge is -2.35. The third kappa shape index (κ3) is 3.94. The number of H-pyrrole nitrogens is 1. The molecule has 0 saturated carbocycles. The molecule has 31 heavy (non-hydrogen) atoms. The summed E-state index contributed by atoms with van der Waals surface area (Å²) in [5.41, 5.74) is -1.76. The van der Waals surface area contributed by atoms with E-state index < -0.39 is 34.6 Å². The van der Waals surface area contributed by atoms with Gasteiger partial charge < -0.3 is 9.88 Å². The minimum absolute atomic E-state index is 0.0121. The van der Waals surface area contributed by atoms with Crippen LogP contribution in [-0.4, -0.2) is 27.9 Å². The van der Waals surface area contributed by atoms with Crippen LogP contribution in [0.1, 0.15) is 41.3 Å². The smallest absolute Gasteiger partial charge is 0.333 e. The first-order valence-electron chi connectivity index (χ1n) is 9.88. The summed E-state index contributed by atoms with van der Waals surface area (Å²) in [5.74, 6) is -1.80. The second kappa shape index (κ2) is 7.51. The number of nitrogens with one attached hydrogen (secondary N) is 1. The van der Waals surface area contributed by atoms with Crippen molar-refractivity contribution in [2.24, 2.45) is 0 Å². The molecule has 0 aliphatic carbocycles. The first kappa shape index (κ1) is 21.1. The van der Waals surface area contributed by atoms with Gasteiger partial charge in [-0.1, -0.05) is 24.3 Å². The zero-order valence-electron chi connectivity index (χ0n) is 16.7. The molecule has 0 bridgehead atoms. The molecule has 4 rings (SSSR count). The molecular weight excluding hydrogens is 412 g/mol. The molecule has 1 amide bonds. The highest BCUT2D eigenvalue weighted by Gasteiger charge is 2.41. The Balaban J connectivity index is 1.67. The summed E-state index contributed by atoms with van der Waals surface area (Å²) in [6, 6.07) is 11.5. The first-order valence-corrected chi connectivity index (χ1v) is 9.88. The summed E-state index contributed by atoms with van der Waals surface area (Å²) in [5, 5.41) is 0.708. The van der Waals surface area contributed by atoms with Gasteiger partial charge in [-0.25, -0.2) is 4.39 Å². The molecular formula is C23H20F4N2O2. The average molecular weight is 432 g/mol. The van der Waals surface area contributed by atoms with E-state index in [2.05, 4.69) is 4.98 Å². The van der Waals surface area contributed by atoms with E-state index in [-0.39, 0.29) is 17.5 Å². The number of hydrogen-bond acceptors (Lipinski definition) is 2. The number of hydrogen-bond donors (Lipinski definition) is 1. The predicted octanol–water partition coefficient (Wildman–Crippen LogP) is 4.92. The Labute approximate surface area is 175 Å². The Bertz CT molecular complexity index is 1220. The number of likely N-dealkylation sites (tertiary alicyclic amines) is 1. The zero-order valence-corrected chi connectivity index (χ0v) is 16.7. The van der Waals surface area contributed by atoms with Crippen LogP contribution in [0.3, 0.4) is 0 Å². The molecule has 1 aromatic heterocycles. The van der Waals surface area contributed by atoms with Gasteiger partial charge in [-0.15, -0.1) is 0 Å². The van der Waals surface area contributed by atoms with Crippen LogP contribution in [0.2, 0.25) is 0 Å². The van der Waals surface area contributed by atoms with Crippen LogP contribution in [0, 0.1) is 5.82 Å². The SMILES string of the molecule is CC1(Cc2ccc(F)c(C(F)(F)F)c2)CCCN1C(=O)c1cc2ccccc2[nH]c1=O. The van der Waals surface area contributed by atoms with Crippen molar-refractivity contribution in [3.8, 4) is 0 Å². The molecule has 4 nitrogen and oxygen atoms in total. The Hall–Kier alpha value is -3.16. The van der Waals surface area contributed by atoms with Crippen molar-refractivity contribution in [1.29, 1.82) is 0 Å². The van der Waals surface area contributed by atoms with Gasteiger partial charge in [-0.05, 0) is 61.4 Å². The van der Waals surface area contributed by atoms with E-state index in [1.54, 1.807) is 36.1 Å². The van der Waals surface area contributed by atoms with Gasteiger partial charge in [0.05, 0.1) is 5.56 Å². The van der Waals surface area contributed by atoms with E-state index in [0.717, 1.165) is 12.1 Å². The molecule has 1 aliphatic heterocycles. The second-order valence-corrected chi connectivity index (χ2v) is 8.15. The molecule has 2 heterocycles. The fourth-order valence-electron chi connectivity index (χ4n) is 4.34. The molecule has 1 atom stereocenters. The standard InChI is InChI=1S/C23H20F4N2O2/c1-22(13-14-7-8-18(24)17(11-14)23(25,26)27)9-4-10-29(22)21(31)16-12-15-5-2-3-6-19(15)28-20(16)30/h2-3,5-8,11-12H,4,9-10,13H2,1H3,(H,28,30). The normalized spacial score (nSPS) is 19.2. The van der Waals surface area contributed by atoms with Gasteiger partial charge in [0.15, 0.2) is 0 Å². The Morgan fingerprint density at radius 3 is 2.65 bits per heavy atom. The topological polar surface area (TPSA) is 53.2 Å². The lowest BCUT2D eigenvalue weighted by Crippen LogP contribution is -2.48. The molecule has 1 fully saturated rings. The van der Waals surface area contributed by atoms with Gasteiger partial charge in [0.2, 0.25) is 0 Å². The predicted molar refractivity (Wildman–Crippen MR) is 108 cm³/mol. The number of amides is 1. The number of rotatable bonds is 3. The minimum atomic E-state index is -4.80. The number of aromatic amines is 1. The lowest BCUT2D eigenvalue weighted by molar-refractivity contribution is -0.140. The highest BCUT2D eigenvalue weighted by molar-refractivity contribution is 5.97. The molecule has 2 aromatic carbocycles. The largest absolute Gasteiger partial charge is 0.419 e. The van der Waals surface area contributed by atoms with Gasteiger partial charge in [0.25, 0.3) is 11.5 Å². The molecule has 0 radical (unpaired) electrons. The number of nitrogens with zero attached hydrogens (tertiary/aromatic N) is 1. The zero-order chi connectivity index (χ0) is 22.4. The number of pyridine rings is 1. The summed E-state index contributed by atoms with van der Waals surface area (Å²) in [6.45, 7) is 2.17. The Morgan fingerprint density at radius 2 is 1.90 bits per heavy atom. The Kier molecular flexibility index (Phi) is 5.11. The number of alkyl halides is 3. The van der Waals surface area contributed by atoms with Crippen molar-refractivity contribution >= 4 is 16.8 Å². The molecule has 1 aliphatic rings. The highest BCUT2D eigenvalue weighted by atomic mass is 19.4. The first-order chi connectivity index (χ1) is 14.6. The van der Waals surface area contributed by atoms with Crippen molar-refractivity contribution in [2.75, 3.05) is 6.54 Å². The van der Waals surface area contributed by atoms with Gasteiger partial charge in [0.1, 0.15) is 11.4 Å². The molecule has 0 spiro atoms. The quantitative estimate of drug-likeness (QED) is 0.597. The van der Waals surface area contributed by atoms with Gasteiger partial charge in [-0.2, -0.15) is 13.2 Å². The highest BCUT2D eigenvalue weighted by Crippen LogP contribution is 2.36. The van der Waals surface area contributed by atoms with Crippen molar-refractivity contribution in [2.45, 2.75) is 37.9 Å². The third-order valence-corrected chi connectivity index (χ3v) is 5.90. The second-order valence-electron chi connectivity index (χ2n) is 8.15. The van der Waals surface area contributed by atoms with Gasteiger partial charge in [0, 0.05) is 17.6 Å². The van der Waals surface area contributed by atoms with Crippen LogP contribution < -0.4 is 5.56 Å². The van der Waals surface area contributed by atoms with E-state index in [1.165, 1.54) is 12.1 Å². The number of para-hydroxylation sites is 1.